The molecule has 7 nitrogen and oxygen atoms in total. The average Bonchev–Trinajstić information content (AvgIpc) is 3.41. The number of benzene rings is 2. The summed E-state index contributed by atoms with van der Waals surface area (Å²) < 4.78 is 41.8. The molecule has 14 heteroatoms. The number of thiazole rings is 1. The van der Waals surface area contributed by atoms with Crippen molar-refractivity contribution in [3.8, 4) is 0 Å². The Bertz CT molecular complexity index is 1670. The zero-order valence-electron chi connectivity index (χ0n) is 21.7. The Balaban J connectivity index is 1.46. The van der Waals surface area contributed by atoms with Gasteiger partial charge in [-0.1, -0.05) is 64.5 Å². The first kappa shape index (κ1) is 29.3. The number of piperidine rings is 1. The molecule has 0 radical (unpaired) electrons. The monoisotopic (exact) mass is 655 g/mol. The molecule has 3 amide bonds. The molecule has 42 heavy (non-hydrogen) atoms. The molecular formula is C28H22Cl2F3N3O4S2. The van der Waals surface area contributed by atoms with Crippen molar-refractivity contribution in [3.05, 3.63) is 78.2 Å². The lowest BCUT2D eigenvalue weighted by Gasteiger charge is -2.31. The summed E-state index contributed by atoms with van der Waals surface area (Å²) >= 11 is 14.8. The summed E-state index contributed by atoms with van der Waals surface area (Å²) in [6.45, 7) is 0.958. The van der Waals surface area contributed by atoms with Crippen molar-refractivity contribution < 1.29 is 27.6 Å². The van der Waals surface area contributed by atoms with Crippen LogP contribution in [0, 0.1) is 5.92 Å². The van der Waals surface area contributed by atoms with Crippen LogP contribution in [0.15, 0.2) is 52.3 Å². The van der Waals surface area contributed by atoms with E-state index in [1.165, 1.54) is 10.6 Å². The third-order valence-electron chi connectivity index (χ3n) is 7.80. The molecule has 2 saturated heterocycles. The smallest absolute Gasteiger partial charge is 0.341 e. The Morgan fingerprint density at radius 1 is 0.976 bits per heavy atom. The third kappa shape index (κ3) is 4.95. The number of thioether (sulfide) groups is 1. The molecular weight excluding hydrogens is 634 g/mol. The highest BCUT2D eigenvalue weighted by Gasteiger charge is 2.57. The quantitative estimate of drug-likeness (QED) is 0.320. The summed E-state index contributed by atoms with van der Waals surface area (Å²) in [4.78, 5) is 56.8. The van der Waals surface area contributed by atoms with Gasteiger partial charge in [-0.05, 0) is 49.1 Å². The minimum Gasteiger partial charge on any atom is -0.341 e. The van der Waals surface area contributed by atoms with Gasteiger partial charge >= 0.3 is 11.0 Å². The van der Waals surface area contributed by atoms with Crippen molar-refractivity contribution in [2.45, 2.75) is 48.2 Å². The average molecular weight is 657 g/mol. The van der Waals surface area contributed by atoms with Crippen molar-refractivity contribution in [3.63, 3.8) is 0 Å². The molecule has 2 aromatic carbocycles. The second kappa shape index (κ2) is 11.0. The SMILES string of the molecule is O=C(Cn1c2c(sc1=O)[C@@H](c1cccc(Cl)c1Cl)[C@@H]1C(=O)N(c3cccc(C(F)(F)F)c3)C(=O)[C@@H]1S2)N1CCCCC1. The summed E-state index contributed by atoms with van der Waals surface area (Å²) in [5.74, 6) is -3.62. The number of hydrogen-bond acceptors (Lipinski definition) is 6. The molecule has 2 fully saturated rings. The Labute approximate surface area is 256 Å². The van der Waals surface area contributed by atoms with Crippen LogP contribution in [0.1, 0.15) is 41.2 Å². The van der Waals surface area contributed by atoms with Crippen LogP contribution in [-0.4, -0.2) is 45.5 Å². The first-order valence-corrected chi connectivity index (χ1v) is 15.6. The summed E-state index contributed by atoms with van der Waals surface area (Å²) in [6, 6.07) is 8.88. The van der Waals surface area contributed by atoms with Gasteiger partial charge in [-0.3, -0.25) is 23.7 Å². The maximum absolute atomic E-state index is 14.0. The highest BCUT2D eigenvalue weighted by Crippen LogP contribution is 2.55. The van der Waals surface area contributed by atoms with Gasteiger partial charge in [0.2, 0.25) is 17.7 Å². The molecule has 6 rings (SSSR count). The number of rotatable bonds is 4. The van der Waals surface area contributed by atoms with E-state index in [0.717, 1.165) is 65.5 Å². The predicted octanol–water partition coefficient (Wildman–Crippen LogP) is 6.04. The topological polar surface area (TPSA) is 79.7 Å². The van der Waals surface area contributed by atoms with Gasteiger partial charge in [0.15, 0.2) is 0 Å². The Morgan fingerprint density at radius 2 is 1.69 bits per heavy atom. The van der Waals surface area contributed by atoms with Crippen LogP contribution in [0.5, 0.6) is 0 Å². The van der Waals surface area contributed by atoms with E-state index in [1.807, 2.05) is 0 Å². The Morgan fingerprint density at radius 3 is 2.40 bits per heavy atom. The normalized spacial score (nSPS) is 22.4. The number of amides is 3. The van der Waals surface area contributed by atoms with Crippen molar-refractivity contribution >= 4 is 69.7 Å². The first-order chi connectivity index (χ1) is 20.0. The van der Waals surface area contributed by atoms with Crippen LogP contribution in [0.2, 0.25) is 10.0 Å². The van der Waals surface area contributed by atoms with E-state index in [4.69, 9.17) is 23.2 Å². The predicted molar refractivity (Wildman–Crippen MR) is 154 cm³/mol. The van der Waals surface area contributed by atoms with Crippen LogP contribution >= 0.6 is 46.3 Å². The lowest BCUT2D eigenvalue weighted by atomic mass is 9.83. The van der Waals surface area contributed by atoms with Crippen molar-refractivity contribution in [1.82, 2.24) is 9.47 Å². The zero-order valence-corrected chi connectivity index (χ0v) is 24.8. The van der Waals surface area contributed by atoms with E-state index in [2.05, 4.69) is 0 Å². The molecule has 220 valence electrons. The highest BCUT2D eigenvalue weighted by atomic mass is 35.5. The number of likely N-dealkylation sites (tertiary alicyclic amines) is 1. The van der Waals surface area contributed by atoms with Crippen molar-refractivity contribution in [1.29, 1.82) is 0 Å². The largest absolute Gasteiger partial charge is 0.416 e. The number of fused-ring (bicyclic) bond motifs is 2. The van der Waals surface area contributed by atoms with Gasteiger partial charge in [-0.25, -0.2) is 4.90 Å². The molecule has 3 aromatic rings. The minimum atomic E-state index is -4.68. The standard InChI is InChI=1S/C28H22Cl2F3N3O4S2/c29-17-9-5-8-16(21(17)30)19-20-22(25(39)36(24(20)38)15-7-4-6-14(12-15)28(31,32)33)41-26-23(19)42-27(40)35(26)13-18(37)34-10-2-1-3-11-34/h4-9,12,19-20,22H,1-3,10-11,13H2/t19-,20-,22+/m0/s1. The summed E-state index contributed by atoms with van der Waals surface area (Å²) in [5.41, 5.74) is -0.794. The van der Waals surface area contributed by atoms with E-state index >= 15 is 0 Å². The molecule has 0 bridgehead atoms. The highest BCUT2D eigenvalue weighted by molar-refractivity contribution is 8.00. The van der Waals surface area contributed by atoms with E-state index < -0.39 is 45.5 Å². The van der Waals surface area contributed by atoms with Gasteiger partial charge in [0.25, 0.3) is 0 Å². The van der Waals surface area contributed by atoms with E-state index in [0.29, 0.717) is 28.6 Å². The van der Waals surface area contributed by atoms with Crippen molar-refractivity contribution in [2.75, 3.05) is 18.0 Å². The first-order valence-electron chi connectivity index (χ1n) is 13.1. The molecule has 0 unspecified atom stereocenters. The number of aromatic nitrogens is 1. The third-order valence-corrected chi connectivity index (χ3v) is 11.2. The van der Waals surface area contributed by atoms with Gasteiger partial charge in [0.1, 0.15) is 11.8 Å². The fourth-order valence-corrected chi connectivity index (χ4v) is 8.99. The zero-order chi connectivity index (χ0) is 29.9. The lowest BCUT2D eigenvalue weighted by molar-refractivity contribution is -0.137. The minimum absolute atomic E-state index is 0.135. The lowest BCUT2D eigenvalue weighted by Crippen LogP contribution is -2.39. The summed E-state index contributed by atoms with van der Waals surface area (Å²) in [6.07, 6.45) is -1.91. The van der Waals surface area contributed by atoms with Crippen molar-refractivity contribution in [2.24, 2.45) is 5.92 Å². The molecule has 0 spiro atoms. The number of hydrogen-bond donors (Lipinski definition) is 0. The van der Waals surface area contributed by atoms with Gasteiger partial charge in [0, 0.05) is 23.9 Å². The number of halogens is 5. The Hall–Kier alpha value is -2.80. The Kier molecular flexibility index (Phi) is 7.70. The van der Waals surface area contributed by atoms with Crippen LogP contribution in [0.4, 0.5) is 18.9 Å². The molecule has 3 atom stereocenters. The van der Waals surface area contributed by atoms with Crippen LogP contribution in [0.25, 0.3) is 0 Å². The maximum Gasteiger partial charge on any atom is 0.416 e. The van der Waals surface area contributed by atoms with Gasteiger partial charge in [0.05, 0.1) is 32.2 Å². The molecule has 0 aliphatic carbocycles. The number of carbonyl (C=O) groups excluding carboxylic acids is 3. The number of carbonyl (C=O) groups is 3. The van der Waals surface area contributed by atoms with Gasteiger partial charge in [-0.15, -0.1) is 0 Å². The summed E-state index contributed by atoms with van der Waals surface area (Å²) in [5, 5.41) is -0.381. The fraction of sp³-hybridized carbons (Fsp3) is 0.357. The number of imide groups is 1. The van der Waals surface area contributed by atoms with Gasteiger partial charge in [-0.2, -0.15) is 13.2 Å². The summed E-state index contributed by atoms with van der Waals surface area (Å²) in [7, 11) is 0. The second-order valence-corrected chi connectivity index (χ2v) is 13.2. The van der Waals surface area contributed by atoms with E-state index in [9.17, 15) is 32.3 Å². The molecule has 0 saturated carbocycles. The number of alkyl halides is 3. The van der Waals surface area contributed by atoms with Crippen LogP contribution in [0.3, 0.4) is 0 Å². The molecule has 4 heterocycles. The van der Waals surface area contributed by atoms with Crippen LogP contribution < -0.4 is 9.77 Å². The van der Waals surface area contributed by atoms with Crippen LogP contribution in [-0.2, 0) is 27.1 Å². The van der Waals surface area contributed by atoms with E-state index in [1.54, 1.807) is 23.1 Å². The molecule has 1 aromatic heterocycles. The molecule has 3 aliphatic rings. The number of nitrogens with zero attached hydrogens (tertiary/aromatic N) is 3. The van der Waals surface area contributed by atoms with E-state index in [-0.39, 0.29) is 28.2 Å². The van der Waals surface area contributed by atoms with Gasteiger partial charge < -0.3 is 4.90 Å². The maximum atomic E-state index is 14.0. The fourth-order valence-electron chi connectivity index (χ4n) is 5.81. The molecule has 0 N–H and O–H groups in total. The second-order valence-electron chi connectivity index (χ2n) is 10.3. The molecule has 3 aliphatic heterocycles. The number of anilines is 1.